The molecule has 0 aliphatic carbocycles. The number of hydrogen-bond donors (Lipinski definition) is 2. The van der Waals surface area contributed by atoms with Crippen LogP contribution >= 0.6 is 11.3 Å². The maximum absolute atomic E-state index is 5.68. The molecule has 2 N–H and O–H groups in total. The Morgan fingerprint density at radius 1 is 1.20 bits per heavy atom. The van der Waals surface area contributed by atoms with Crippen LogP contribution in [0.3, 0.4) is 0 Å². The second-order valence-corrected chi connectivity index (χ2v) is 9.12. The summed E-state index contributed by atoms with van der Waals surface area (Å²) in [5.41, 5.74) is 2.92. The highest BCUT2D eigenvalue weighted by atomic mass is 32.1. The number of nitrogens with one attached hydrogen (secondary N) is 2. The summed E-state index contributed by atoms with van der Waals surface area (Å²) in [6, 6.07) is 8.90. The lowest BCUT2D eigenvalue weighted by atomic mass is 10.1. The van der Waals surface area contributed by atoms with Gasteiger partial charge in [-0.25, -0.2) is 15.0 Å². The summed E-state index contributed by atoms with van der Waals surface area (Å²) in [6.45, 7) is 5.51. The van der Waals surface area contributed by atoms with Crippen molar-refractivity contribution in [1.82, 2.24) is 25.3 Å². The molecule has 154 valence electrons. The van der Waals surface area contributed by atoms with Gasteiger partial charge in [0, 0.05) is 29.2 Å². The molecular formula is C22H24N6OS. The van der Waals surface area contributed by atoms with E-state index in [9.17, 15) is 0 Å². The molecular weight excluding hydrogens is 396 g/mol. The van der Waals surface area contributed by atoms with Gasteiger partial charge in [-0.05, 0) is 38.4 Å². The minimum atomic E-state index is 0.267. The molecule has 5 heterocycles. The molecule has 30 heavy (non-hydrogen) atoms. The van der Waals surface area contributed by atoms with Gasteiger partial charge in [0.15, 0.2) is 17.3 Å². The monoisotopic (exact) mass is 420 g/mol. The molecule has 7 nitrogen and oxygen atoms in total. The molecule has 4 aromatic rings. The van der Waals surface area contributed by atoms with Gasteiger partial charge in [0.1, 0.15) is 9.71 Å². The lowest BCUT2D eigenvalue weighted by Crippen LogP contribution is -2.44. The summed E-state index contributed by atoms with van der Waals surface area (Å²) in [7, 11) is 0. The second-order valence-electron chi connectivity index (χ2n) is 8.09. The average Bonchev–Trinajstić information content (AvgIpc) is 3.53. The van der Waals surface area contributed by atoms with Crippen molar-refractivity contribution < 1.29 is 4.74 Å². The molecule has 0 spiro atoms. The first-order valence-electron chi connectivity index (χ1n) is 10.6. The molecule has 2 aliphatic rings. The number of thiazole rings is 1. The Morgan fingerprint density at radius 2 is 2.17 bits per heavy atom. The molecule has 6 rings (SSSR count). The second kappa shape index (κ2) is 7.30. The summed E-state index contributed by atoms with van der Waals surface area (Å²) in [5, 5.41) is 5.82. The fourth-order valence-corrected chi connectivity index (χ4v) is 5.63. The van der Waals surface area contributed by atoms with Crippen LogP contribution in [0.15, 0.2) is 30.5 Å². The van der Waals surface area contributed by atoms with Crippen molar-refractivity contribution in [3.63, 3.8) is 0 Å². The first kappa shape index (κ1) is 18.2. The molecule has 2 saturated heterocycles. The first-order chi connectivity index (χ1) is 14.8. The number of nitrogens with zero attached hydrogens (tertiary/aromatic N) is 4. The molecule has 8 heteroatoms. The van der Waals surface area contributed by atoms with Crippen LogP contribution in [0.5, 0.6) is 0 Å². The molecule has 1 unspecified atom stereocenters. The Labute approximate surface area is 178 Å². The van der Waals surface area contributed by atoms with Crippen LogP contribution in [0.2, 0.25) is 0 Å². The van der Waals surface area contributed by atoms with E-state index in [4.69, 9.17) is 19.7 Å². The smallest absolute Gasteiger partial charge is 0.176 e. The highest BCUT2D eigenvalue weighted by Gasteiger charge is 2.27. The van der Waals surface area contributed by atoms with Gasteiger partial charge in [-0.2, -0.15) is 0 Å². The average molecular weight is 421 g/mol. The van der Waals surface area contributed by atoms with Gasteiger partial charge in [-0.1, -0.05) is 12.1 Å². The molecule has 2 fully saturated rings. The summed E-state index contributed by atoms with van der Waals surface area (Å²) in [5.74, 6) is 1.72. The fourth-order valence-electron chi connectivity index (χ4n) is 4.51. The van der Waals surface area contributed by atoms with Gasteiger partial charge < -0.3 is 19.9 Å². The lowest BCUT2D eigenvalue weighted by molar-refractivity contribution is 0.0987. The van der Waals surface area contributed by atoms with Crippen molar-refractivity contribution in [2.45, 2.75) is 31.8 Å². The first-order valence-corrected chi connectivity index (χ1v) is 11.4. The van der Waals surface area contributed by atoms with Gasteiger partial charge in [0.2, 0.25) is 0 Å². The number of rotatable bonds is 3. The molecule has 2 aliphatic heterocycles. The number of aromatic nitrogens is 4. The van der Waals surface area contributed by atoms with Crippen LogP contribution in [-0.2, 0) is 4.74 Å². The van der Waals surface area contributed by atoms with Crippen LogP contribution in [0.25, 0.3) is 32.6 Å². The third kappa shape index (κ3) is 2.98. The molecule has 0 amide bonds. The number of aromatic amines is 1. The van der Waals surface area contributed by atoms with Gasteiger partial charge in [0.05, 0.1) is 25.3 Å². The van der Waals surface area contributed by atoms with E-state index < -0.39 is 0 Å². The molecule has 2 atom stereocenters. The number of hydrogen-bond acceptors (Lipinski definition) is 7. The highest BCUT2D eigenvalue weighted by Crippen LogP contribution is 2.38. The van der Waals surface area contributed by atoms with Crippen LogP contribution in [0, 0.1) is 0 Å². The van der Waals surface area contributed by atoms with E-state index in [2.05, 4.69) is 40.3 Å². The Hall–Kier alpha value is -2.55. The molecule has 0 bridgehead atoms. The zero-order chi connectivity index (χ0) is 20.1. The Kier molecular flexibility index (Phi) is 4.44. The van der Waals surface area contributed by atoms with Crippen LogP contribution in [0.4, 0.5) is 5.82 Å². The van der Waals surface area contributed by atoms with Gasteiger partial charge in [0.25, 0.3) is 0 Å². The predicted octanol–water partition coefficient (Wildman–Crippen LogP) is 3.88. The zero-order valence-corrected chi connectivity index (χ0v) is 17.7. The van der Waals surface area contributed by atoms with Crippen LogP contribution in [-0.4, -0.2) is 52.3 Å². The minimum Gasteiger partial charge on any atom is -0.377 e. The van der Waals surface area contributed by atoms with Gasteiger partial charge in [-0.15, -0.1) is 11.3 Å². The van der Waals surface area contributed by atoms with Crippen molar-refractivity contribution in [2.75, 3.05) is 31.2 Å². The van der Waals surface area contributed by atoms with E-state index >= 15 is 0 Å². The number of fused-ring (bicyclic) bond motifs is 2. The fraction of sp³-hybridized carbons (Fsp3) is 0.409. The van der Waals surface area contributed by atoms with E-state index in [0.29, 0.717) is 19.3 Å². The van der Waals surface area contributed by atoms with E-state index in [1.807, 2.05) is 12.3 Å². The Morgan fingerprint density at radius 3 is 3.03 bits per heavy atom. The number of H-pyrrole nitrogens is 1. The van der Waals surface area contributed by atoms with Gasteiger partial charge in [-0.3, -0.25) is 0 Å². The van der Waals surface area contributed by atoms with Crippen molar-refractivity contribution >= 4 is 38.4 Å². The largest absolute Gasteiger partial charge is 0.377 e. The van der Waals surface area contributed by atoms with Gasteiger partial charge >= 0.3 is 0 Å². The van der Waals surface area contributed by atoms with Crippen molar-refractivity contribution in [2.24, 2.45) is 0 Å². The highest BCUT2D eigenvalue weighted by molar-refractivity contribution is 7.19. The molecule has 1 aromatic carbocycles. The van der Waals surface area contributed by atoms with E-state index in [1.54, 1.807) is 11.3 Å². The lowest BCUT2D eigenvalue weighted by Gasteiger charge is -2.34. The topological polar surface area (TPSA) is 79.0 Å². The Balaban J connectivity index is 1.56. The Bertz CT molecular complexity index is 1210. The summed E-state index contributed by atoms with van der Waals surface area (Å²) in [6.07, 6.45) is 4.29. The number of morpholine rings is 1. The normalized spacial score (nSPS) is 22.4. The quantitative estimate of drug-likeness (QED) is 0.524. The molecule has 0 saturated carbocycles. The minimum absolute atomic E-state index is 0.267. The molecule has 0 radical (unpaired) electrons. The zero-order valence-electron chi connectivity index (χ0n) is 16.9. The van der Waals surface area contributed by atoms with E-state index in [-0.39, 0.29) is 6.04 Å². The number of anilines is 1. The maximum Gasteiger partial charge on any atom is 0.176 e. The van der Waals surface area contributed by atoms with Crippen LogP contribution < -0.4 is 10.2 Å². The van der Waals surface area contributed by atoms with Crippen LogP contribution in [0.1, 0.15) is 30.8 Å². The van der Waals surface area contributed by atoms with Crippen molar-refractivity contribution in [1.29, 1.82) is 0 Å². The van der Waals surface area contributed by atoms with Crippen molar-refractivity contribution in [3.8, 4) is 11.4 Å². The third-order valence-electron chi connectivity index (χ3n) is 6.09. The van der Waals surface area contributed by atoms with Crippen molar-refractivity contribution in [3.05, 3.63) is 35.5 Å². The maximum atomic E-state index is 5.68. The number of benzene rings is 1. The van der Waals surface area contributed by atoms with E-state index in [1.165, 1.54) is 6.42 Å². The predicted molar refractivity (Wildman–Crippen MR) is 120 cm³/mol. The summed E-state index contributed by atoms with van der Waals surface area (Å²) < 4.78 is 6.76. The number of ether oxygens (including phenoxy) is 1. The standard InChI is InChI=1S/C22H24N6OS/c1-13-12-29-11-10-28(13)21-18-20(27-22(30-18)17-6-3-8-23-17)25-19(26-21)15-4-2-5-16-14(15)7-9-24-16/h2,4-5,7,9,13,17,23-24H,3,6,8,10-12H2,1H3/t13-,17?/m1/s1. The van der Waals surface area contributed by atoms with E-state index in [0.717, 1.165) is 63.0 Å². The summed E-state index contributed by atoms with van der Waals surface area (Å²) in [4.78, 5) is 20.7. The molecule has 3 aromatic heterocycles. The summed E-state index contributed by atoms with van der Waals surface area (Å²) >= 11 is 1.74. The third-order valence-corrected chi connectivity index (χ3v) is 7.24. The SMILES string of the molecule is C[C@@H]1COCCN1c1nc(-c2cccc3[nH]ccc23)nc2nc(C3CCCN3)sc12.